The van der Waals surface area contributed by atoms with Gasteiger partial charge in [-0.05, 0) is 37.5 Å². The van der Waals surface area contributed by atoms with Crippen LogP contribution in [0, 0.1) is 16.7 Å². The van der Waals surface area contributed by atoms with Crippen molar-refractivity contribution in [3.05, 3.63) is 0 Å². The molecule has 0 radical (unpaired) electrons. The molecule has 0 spiro atoms. The van der Waals surface area contributed by atoms with Gasteiger partial charge in [0.15, 0.2) is 0 Å². The average Bonchev–Trinajstić information content (AvgIpc) is 2.61. The zero-order valence-corrected chi connectivity index (χ0v) is 13.9. The summed E-state index contributed by atoms with van der Waals surface area (Å²) in [4.78, 5) is 23.3. The summed E-state index contributed by atoms with van der Waals surface area (Å²) >= 11 is 0. The third-order valence-corrected chi connectivity index (χ3v) is 4.80. The minimum absolute atomic E-state index is 0.0747. The van der Waals surface area contributed by atoms with Crippen molar-refractivity contribution in [2.45, 2.75) is 66.9 Å². The summed E-state index contributed by atoms with van der Waals surface area (Å²) in [6, 6.07) is 0. The van der Waals surface area contributed by atoms with Gasteiger partial charge in [0, 0.05) is 13.0 Å². The Bertz CT molecular complexity index is 377. The molecule has 0 saturated heterocycles. The number of carbonyl (C=O) groups is 2. The minimum atomic E-state index is -0.490. The van der Waals surface area contributed by atoms with Crippen LogP contribution in [-0.4, -0.2) is 24.0 Å². The van der Waals surface area contributed by atoms with E-state index in [9.17, 15) is 9.59 Å². The van der Waals surface area contributed by atoms with Gasteiger partial charge in [-0.1, -0.05) is 27.7 Å². The molecule has 1 N–H and O–H groups in total. The predicted molar refractivity (Wildman–Crippen MR) is 79.1 cm³/mol. The van der Waals surface area contributed by atoms with Gasteiger partial charge in [0.2, 0.25) is 5.91 Å². The molecule has 0 heterocycles. The molecule has 0 bridgehead atoms. The van der Waals surface area contributed by atoms with Crippen molar-refractivity contribution in [1.29, 1.82) is 0 Å². The van der Waals surface area contributed by atoms with Crippen LogP contribution in [0.2, 0.25) is 0 Å². The molecule has 1 aliphatic carbocycles. The van der Waals surface area contributed by atoms with Crippen LogP contribution in [0.1, 0.15) is 61.3 Å². The lowest BCUT2D eigenvalue weighted by Crippen LogP contribution is -2.29. The molecule has 4 nitrogen and oxygen atoms in total. The highest BCUT2D eigenvalue weighted by atomic mass is 16.6. The number of nitrogens with one attached hydrogen (secondary N) is 1. The summed E-state index contributed by atoms with van der Waals surface area (Å²) in [6.45, 7) is 15.1. The lowest BCUT2D eigenvalue weighted by Gasteiger charge is -2.19. The van der Waals surface area contributed by atoms with Gasteiger partial charge in [-0.3, -0.25) is 9.59 Å². The summed E-state index contributed by atoms with van der Waals surface area (Å²) in [5, 5.41) is 2.93. The molecule has 0 aromatic rings. The molecule has 20 heavy (non-hydrogen) atoms. The first kappa shape index (κ1) is 17.0. The molecule has 1 amide bonds. The van der Waals surface area contributed by atoms with E-state index >= 15 is 0 Å². The molecule has 4 heteroatoms. The van der Waals surface area contributed by atoms with Crippen molar-refractivity contribution in [2.24, 2.45) is 16.7 Å². The van der Waals surface area contributed by atoms with Crippen LogP contribution >= 0.6 is 0 Å². The quantitative estimate of drug-likeness (QED) is 0.789. The average molecular weight is 283 g/mol. The molecule has 116 valence electrons. The Balaban J connectivity index is 2.24. The van der Waals surface area contributed by atoms with Crippen LogP contribution in [0.15, 0.2) is 0 Å². The van der Waals surface area contributed by atoms with E-state index in [1.807, 2.05) is 20.8 Å². The van der Waals surface area contributed by atoms with Gasteiger partial charge in [0.05, 0.1) is 6.42 Å². The van der Waals surface area contributed by atoms with Gasteiger partial charge >= 0.3 is 5.97 Å². The summed E-state index contributed by atoms with van der Waals surface area (Å²) < 4.78 is 5.17. The Labute approximate surface area is 122 Å². The lowest BCUT2D eigenvalue weighted by molar-refractivity contribution is -0.155. The Morgan fingerprint density at radius 3 is 1.95 bits per heavy atom. The predicted octanol–water partition coefficient (Wildman–Crippen LogP) is 2.91. The van der Waals surface area contributed by atoms with Gasteiger partial charge < -0.3 is 10.1 Å². The van der Waals surface area contributed by atoms with Crippen molar-refractivity contribution >= 4 is 11.9 Å². The van der Waals surface area contributed by atoms with Crippen LogP contribution in [0.4, 0.5) is 0 Å². The Hall–Kier alpha value is -1.06. The fourth-order valence-corrected chi connectivity index (χ4v) is 2.76. The van der Waals surface area contributed by atoms with Crippen molar-refractivity contribution in [1.82, 2.24) is 5.32 Å². The highest BCUT2D eigenvalue weighted by Crippen LogP contribution is 2.67. The Morgan fingerprint density at radius 2 is 1.55 bits per heavy atom. The number of rotatable bonds is 5. The Kier molecular flexibility index (Phi) is 4.57. The number of hydrogen-bond donors (Lipinski definition) is 1. The van der Waals surface area contributed by atoms with E-state index in [0.29, 0.717) is 12.5 Å². The van der Waals surface area contributed by atoms with E-state index in [0.717, 1.165) is 0 Å². The van der Waals surface area contributed by atoms with Gasteiger partial charge in [0.25, 0.3) is 0 Å². The standard InChI is InChI=1S/C16H29NO3/c1-14(2,3)20-13(19)9-8-12(18)17-10-11-15(4,5)16(11,6)7/h11H,8-10H2,1-7H3,(H,17,18). The zero-order chi connectivity index (χ0) is 15.8. The summed E-state index contributed by atoms with van der Waals surface area (Å²) in [7, 11) is 0. The summed E-state index contributed by atoms with van der Waals surface area (Å²) in [6.07, 6.45) is 0.336. The first-order valence-electron chi connectivity index (χ1n) is 7.36. The maximum absolute atomic E-state index is 11.7. The topological polar surface area (TPSA) is 55.4 Å². The molecule has 0 atom stereocenters. The highest BCUT2D eigenvalue weighted by Gasteiger charge is 2.64. The van der Waals surface area contributed by atoms with Crippen LogP contribution in [0.5, 0.6) is 0 Å². The van der Waals surface area contributed by atoms with Crippen molar-refractivity contribution in [3.8, 4) is 0 Å². The molecule has 0 aliphatic heterocycles. The smallest absolute Gasteiger partial charge is 0.306 e. The molecule has 0 aromatic carbocycles. The number of amides is 1. The Morgan fingerprint density at radius 1 is 1.05 bits per heavy atom. The first-order chi connectivity index (χ1) is 8.88. The first-order valence-corrected chi connectivity index (χ1v) is 7.36. The molecular weight excluding hydrogens is 254 g/mol. The van der Waals surface area contributed by atoms with E-state index in [2.05, 4.69) is 33.0 Å². The van der Waals surface area contributed by atoms with Gasteiger partial charge in [-0.25, -0.2) is 0 Å². The fraction of sp³-hybridized carbons (Fsp3) is 0.875. The summed E-state index contributed by atoms with van der Waals surface area (Å²) in [5.41, 5.74) is 0.0481. The van der Waals surface area contributed by atoms with Gasteiger partial charge in [0.1, 0.15) is 5.60 Å². The second-order valence-electron chi connectivity index (χ2n) is 7.89. The van der Waals surface area contributed by atoms with Crippen molar-refractivity contribution in [2.75, 3.05) is 6.54 Å². The number of carbonyl (C=O) groups excluding carboxylic acids is 2. The molecule has 0 aromatic heterocycles. The summed E-state index contributed by atoms with van der Waals surface area (Å²) in [5.74, 6) is 0.106. The van der Waals surface area contributed by atoms with Crippen LogP contribution in [0.3, 0.4) is 0 Å². The highest BCUT2D eigenvalue weighted by molar-refractivity contribution is 5.81. The zero-order valence-electron chi connectivity index (χ0n) is 13.9. The molecule has 1 aliphatic rings. The monoisotopic (exact) mass is 283 g/mol. The number of esters is 1. The fourth-order valence-electron chi connectivity index (χ4n) is 2.76. The van der Waals surface area contributed by atoms with Crippen LogP contribution in [0.25, 0.3) is 0 Å². The van der Waals surface area contributed by atoms with E-state index in [1.165, 1.54) is 0 Å². The molecule has 1 fully saturated rings. The van der Waals surface area contributed by atoms with E-state index in [4.69, 9.17) is 4.74 Å². The maximum Gasteiger partial charge on any atom is 0.306 e. The second kappa shape index (κ2) is 5.38. The molecule has 0 unspecified atom stereocenters. The van der Waals surface area contributed by atoms with E-state index in [1.54, 1.807) is 0 Å². The third kappa shape index (κ3) is 3.97. The van der Waals surface area contributed by atoms with Crippen molar-refractivity contribution < 1.29 is 14.3 Å². The molecule has 1 rings (SSSR count). The van der Waals surface area contributed by atoms with Gasteiger partial charge in [-0.2, -0.15) is 0 Å². The maximum atomic E-state index is 11.7. The normalized spacial score (nSPS) is 20.4. The number of ether oxygens (including phenoxy) is 1. The lowest BCUT2D eigenvalue weighted by atomic mass is 10.0. The van der Waals surface area contributed by atoms with E-state index < -0.39 is 5.60 Å². The third-order valence-electron chi connectivity index (χ3n) is 4.80. The molecule has 1 saturated carbocycles. The number of hydrogen-bond acceptors (Lipinski definition) is 3. The largest absolute Gasteiger partial charge is 0.460 e. The van der Waals surface area contributed by atoms with Crippen molar-refractivity contribution in [3.63, 3.8) is 0 Å². The van der Waals surface area contributed by atoms with Crippen LogP contribution < -0.4 is 5.32 Å². The minimum Gasteiger partial charge on any atom is -0.460 e. The second-order valence-corrected chi connectivity index (χ2v) is 7.89. The molecular formula is C16H29NO3. The van der Waals surface area contributed by atoms with Crippen LogP contribution in [-0.2, 0) is 14.3 Å². The van der Waals surface area contributed by atoms with Gasteiger partial charge in [-0.15, -0.1) is 0 Å². The van der Waals surface area contributed by atoms with E-state index in [-0.39, 0.29) is 35.5 Å². The SMILES string of the molecule is CC(C)(C)OC(=O)CCC(=O)NCC1C(C)(C)C1(C)C.